The summed E-state index contributed by atoms with van der Waals surface area (Å²) in [7, 11) is 3.31. The van der Waals surface area contributed by atoms with Crippen LogP contribution in [0.2, 0.25) is 0 Å². The van der Waals surface area contributed by atoms with E-state index in [1.165, 1.54) is 13.3 Å². The standard InChI is InChI=1S/C29H26N8O2/c1-18(26-27(30)35-24(39-4)16-31-26)33-19(2)28-34-23-12-8-9-21(14-13-20-15-32-36(3)17-20)25(23)29(38)37(28)22-10-6-5-7-11-22/h5-12,15-17,19,33H,1H2,2-4H3,(H2,30,35)/t19-/m1/s1. The molecule has 0 unspecified atom stereocenters. The van der Waals surface area contributed by atoms with Crippen molar-refractivity contribution in [1.29, 1.82) is 0 Å². The second-order valence-electron chi connectivity index (χ2n) is 8.79. The van der Waals surface area contributed by atoms with E-state index in [-0.39, 0.29) is 11.4 Å². The predicted molar refractivity (Wildman–Crippen MR) is 150 cm³/mol. The smallest absolute Gasteiger partial charge is 0.267 e. The van der Waals surface area contributed by atoms with Crippen LogP contribution in [-0.4, -0.2) is 36.4 Å². The maximum atomic E-state index is 14.1. The monoisotopic (exact) mass is 518 g/mol. The normalized spacial score (nSPS) is 11.5. The number of nitrogens with zero attached hydrogens (tertiary/aromatic N) is 6. The van der Waals surface area contributed by atoms with Crippen LogP contribution in [0.25, 0.3) is 22.3 Å². The molecular formula is C29H26N8O2. The zero-order valence-electron chi connectivity index (χ0n) is 21.7. The van der Waals surface area contributed by atoms with E-state index in [2.05, 4.69) is 38.8 Å². The zero-order valence-corrected chi connectivity index (χ0v) is 21.7. The number of aryl methyl sites for hydroxylation is 1. The average molecular weight is 519 g/mol. The van der Waals surface area contributed by atoms with Crippen LogP contribution in [-0.2, 0) is 7.05 Å². The van der Waals surface area contributed by atoms with Gasteiger partial charge in [-0.25, -0.2) is 9.97 Å². The van der Waals surface area contributed by atoms with Crippen molar-refractivity contribution < 1.29 is 4.74 Å². The number of fused-ring (bicyclic) bond motifs is 1. The lowest BCUT2D eigenvalue weighted by molar-refractivity contribution is 0.396. The molecule has 39 heavy (non-hydrogen) atoms. The van der Waals surface area contributed by atoms with E-state index < -0.39 is 6.04 Å². The lowest BCUT2D eigenvalue weighted by Gasteiger charge is -2.22. The summed E-state index contributed by atoms with van der Waals surface area (Å²) in [5.41, 5.74) is 9.18. The van der Waals surface area contributed by atoms with Crippen LogP contribution in [0, 0.1) is 11.8 Å². The fourth-order valence-corrected chi connectivity index (χ4v) is 4.21. The number of ether oxygens (including phenoxy) is 1. The van der Waals surface area contributed by atoms with E-state index in [1.54, 1.807) is 21.5 Å². The number of hydrogen-bond acceptors (Lipinski definition) is 8. The highest BCUT2D eigenvalue weighted by Gasteiger charge is 2.21. The summed E-state index contributed by atoms with van der Waals surface area (Å²) in [6.45, 7) is 5.97. The lowest BCUT2D eigenvalue weighted by Crippen LogP contribution is -2.30. The molecule has 0 radical (unpaired) electrons. The van der Waals surface area contributed by atoms with Gasteiger partial charge in [0, 0.05) is 18.8 Å². The lowest BCUT2D eigenvalue weighted by atomic mass is 10.1. The zero-order chi connectivity index (χ0) is 27.5. The second-order valence-corrected chi connectivity index (χ2v) is 8.79. The fourth-order valence-electron chi connectivity index (χ4n) is 4.21. The third-order valence-corrected chi connectivity index (χ3v) is 6.03. The molecule has 0 bridgehead atoms. The van der Waals surface area contributed by atoms with Gasteiger partial charge in [0.15, 0.2) is 5.82 Å². The number of nitrogen functional groups attached to an aromatic ring is 1. The Kier molecular flexibility index (Phi) is 6.80. The molecule has 5 rings (SSSR count). The molecule has 0 saturated carbocycles. The largest absolute Gasteiger partial charge is 0.480 e. The molecule has 0 aliphatic heterocycles. The highest BCUT2D eigenvalue weighted by Crippen LogP contribution is 2.23. The van der Waals surface area contributed by atoms with Gasteiger partial charge in [-0.2, -0.15) is 10.1 Å². The molecule has 3 aromatic heterocycles. The highest BCUT2D eigenvalue weighted by atomic mass is 16.5. The van der Waals surface area contributed by atoms with Crippen molar-refractivity contribution in [2.45, 2.75) is 13.0 Å². The highest BCUT2D eigenvalue weighted by molar-refractivity contribution is 5.85. The van der Waals surface area contributed by atoms with E-state index in [1.807, 2.05) is 62.6 Å². The molecule has 194 valence electrons. The van der Waals surface area contributed by atoms with Crippen LogP contribution >= 0.6 is 0 Å². The van der Waals surface area contributed by atoms with E-state index in [9.17, 15) is 4.79 Å². The molecule has 1 atom stereocenters. The summed E-state index contributed by atoms with van der Waals surface area (Å²) in [4.78, 5) is 27.5. The first-order valence-electron chi connectivity index (χ1n) is 12.1. The van der Waals surface area contributed by atoms with Gasteiger partial charge in [0.25, 0.3) is 5.56 Å². The summed E-state index contributed by atoms with van der Waals surface area (Å²) in [5, 5.41) is 7.86. The summed E-state index contributed by atoms with van der Waals surface area (Å²) in [5.74, 6) is 7.17. The first kappa shape index (κ1) is 25.2. The van der Waals surface area contributed by atoms with E-state index >= 15 is 0 Å². The summed E-state index contributed by atoms with van der Waals surface area (Å²) >= 11 is 0. The molecule has 0 aliphatic carbocycles. The van der Waals surface area contributed by atoms with Crippen LogP contribution in [0.15, 0.2) is 78.5 Å². The number of aromatic nitrogens is 6. The Morgan fingerprint density at radius 1 is 1.10 bits per heavy atom. The molecule has 0 fully saturated rings. The Bertz CT molecular complexity index is 1810. The third kappa shape index (κ3) is 5.06. The Morgan fingerprint density at radius 3 is 2.59 bits per heavy atom. The number of hydrogen-bond donors (Lipinski definition) is 2. The number of nitrogens with two attached hydrogens (primary N) is 1. The molecular weight excluding hydrogens is 492 g/mol. The van der Waals surface area contributed by atoms with E-state index in [4.69, 9.17) is 15.5 Å². The van der Waals surface area contributed by atoms with Crippen LogP contribution < -0.4 is 21.3 Å². The number of benzene rings is 2. The Morgan fingerprint density at radius 2 is 1.90 bits per heavy atom. The van der Waals surface area contributed by atoms with Gasteiger partial charge >= 0.3 is 0 Å². The van der Waals surface area contributed by atoms with Gasteiger partial charge in [0.2, 0.25) is 5.88 Å². The molecule has 10 heteroatoms. The van der Waals surface area contributed by atoms with Crippen molar-refractivity contribution in [1.82, 2.24) is 34.6 Å². The summed E-state index contributed by atoms with van der Waals surface area (Å²) in [6, 6.07) is 14.4. The van der Waals surface area contributed by atoms with Crippen LogP contribution in [0.4, 0.5) is 5.82 Å². The quantitative estimate of drug-likeness (QED) is 0.328. The van der Waals surface area contributed by atoms with Crippen molar-refractivity contribution in [2.24, 2.45) is 7.05 Å². The van der Waals surface area contributed by atoms with Crippen LogP contribution in [0.5, 0.6) is 5.88 Å². The molecule has 0 spiro atoms. The summed E-state index contributed by atoms with van der Waals surface area (Å²) < 4.78 is 8.35. The number of rotatable bonds is 6. The average Bonchev–Trinajstić information content (AvgIpc) is 3.36. The summed E-state index contributed by atoms with van der Waals surface area (Å²) in [6.07, 6.45) is 4.96. The van der Waals surface area contributed by atoms with Crippen molar-refractivity contribution in [3.63, 3.8) is 0 Å². The van der Waals surface area contributed by atoms with Crippen molar-refractivity contribution in [3.05, 3.63) is 107 Å². The van der Waals surface area contributed by atoms with E-state index in [0.717, 1.165) is 5.56 Å². The minimum Gasteiger partial charge on any atom is -0.480 e. The minimum absolute atomic E-state index is 0.169. The first-order chi connectivity index (χ1) is 18.9. The Labute approximate surface area is 224 Å². The maximum Gasteiger partial charge on any atom is 0.267 e. The third-order valence-electron chi connectivity index (χ3n) is 6.03. The molecule has 2 aromatic carbocycles. The number of anilines is 1. The van der Waals surface area contributed by atoms with Crippen molar-refractivity contribution in [3.8, 4) is 23.4 Å². The Balaban J connectivity index is 1.62. The fraction of sp³-hybridized carbons (Fsp3) is 0.138. The van der Waals surface area contributed by atoms with Crippen molar-refractivity contribution in [2.75, 3.05) is 12.8 Å². The van der Waals surface area contributed by atoms with E-state index in [0.29, 0.717) is 45.2 Å². The molecule has 3 N–H and O–H groups in total. The molecule has 10 nitrogen and oxygen atoms in total. The topological polar surface area (TPSA) is 126 Å². The van der Waals surface area contributed by atoms with Crippen LogP contribution in [0.3, 0.4) is 0 Å². The SMILES string of the molecule is C=C(N[C@H](C)c1nc2cccc(C#Cc3cnn(C)c3)c2c(=O)n1-c1ccccc1)c1ncc(OC)nc1N. The van der Waals surface area contributed by atoms with Crippen molar-refractivity contribution >= 4 is 22.4 Å². The second kappa shape index (κ2) is 10.5. The van der Waals surface area contributed by atoms with Crippen LogP contribution in [0.1, 0.15) is 35.6 Å². The first-order valence-corrected chi connectivity index (χ1v) is 12.1. The molecule has 0 aliphatic rings. The molecule has 3 heterocycles. The number of para-hydroxylation sites is 1. The van der Waals surface area contributed by atoms with Gasteiger partial charge in [-0.1, -0.05) is 42.7 Å². The number of methoxy groups -OCH3 is 1. The van der Waals surface area contributed by atoms with Gasteiger partial charge in [-0.15, -0.1) is 0 Å². The number of nitrogens with one attached hydrogen (secondary N) is 1. The van der Waals surface area contributed by atoms with Gasteiger partial charge < -0.3 is 15.8 Å². The Hall–Kier alpha value is -5.43. The predicted octanol–water partition coefficient (Wildman–Crippen LogP) is 3.22. The molecule has 5 aromatic rings. The molecule has 0 saturated heterocycles. The van der Waals surface area contributed by atoms with Gasteiger partial charge in [-0.3, -0.25) is 14.0 Å². The molecule has 0 amide bonds. The van der Waals surface area contributed by atoms with Gasteiger partial charge in [0.1, 0.15) is 11.5 Å². The van der Waals surface area contributed by atoms with Gasteiger partial charge in [0.05, 0.1) is 53.4 Å². The maximum absolute atomic E-state index is 14.1. The van der Waals surface area contributed by atoms with Gasteiger partial charge in [-0.05, 0) is 31.2 Å². The minimum atomic E-state index is -0.455.